The van der Waals surface area contributed by atoms with Gasteiger partial charge in [-0.1, -0.05) is 12.1 Å². The smallest absolute Gasteiger partial charge is 0.265 e. The minimum atomic E-state index is -0.343. The topological polar surface area (TPSA) is 59.2 Å². The molecular weight excluding hydrogens is 348 g/mol. The Balaban J connectivity index is 0.00000220. The molecule has 0 radical (unpaired) electrons. The zero-order valence-corrected chi connectivity index (χ0v) is 14.6. The molecule has 0 aliphatic heterocycles. The summed E-state index contributed by atoms with van der Waals surface area (Å²) >= 11 is 1.18. The van der Waals surface area contributed by atoms with E-state index in [0.717, 1.165) is 0 Å². The predicted octanol–water partition coefficient (Wildman–Crippen LogP) is 3.21. The first-order valence-corrected chi connectivity index (χ1v) is 7.04. The summed E-state index contributed by atoms with van der Waals surface area (Å²) in [7, 11) is 1.70. The number of carbonyl (C=O) groups is 1. The van der Waals surface area contributed by atoms with E-state index in [-0.39, 0.29) is 42.6 Å². The first-order valence-electron chi connectivity index (χ1n) is 6.22. The summed E-state index contributed by atoms with van der Waals surface area (Å²) in [4.78, 5) is 18.4. The Morgan fingerprint density at radius 3 is 2.64 bits per heavy atom. The molecule has 1 unspecified atom stereocenters. The minimum absolute atomic E-state index is 0. The number of thiazole rings is 1. The molecule has 2 aromatic rings. The molecule has 1 amide bonds. The van der Waals surface area contributed by atoms with Gasteiger partial charge in [0.05, 0.1) is 6.20 Å². The maximum absolute atomic E-state index is 13.7. The number of halogens is 3. The molecule has 0 bridgehead atoms. The first-order chi connectivity index (χ1) is 9.54. The lowest BCUT2D eigenvalue weighted by Crippen LogP contribution is -2.39. The third-order valence-corrected chi connectivity index (χ3v) is 4.16. The van der Waals surface area contributed by atoms with Crippen LogP contribution in [-0.4, -0.2) is 35.4 Å². The second kappa shape index (κ2) is 9.05. The fourth-order valence-corrected chi connectivity index (χ4v) is 2.59. The van der Waals surface area contributed by atoms with Gasteiger partial charge in [-0.2, -0.15) is 0 Å². The summed E-state index contributed by atoms with van der Waals surface area (Å²) in [6.07, 6.45) is 1.48. The number of hydrogen-bond acceptors (Lipinski definition) is 4. The Bertz CT molecular complexity index is 624. The van der Waals surface area contributed by atoms with Gasteiger partial charge in [-0.25, -0.2) is 9.37 Å². The molecule has 0 saturated heterocycles. The zero-order valence-electron chi connectivity index (χ0n) is 12.2. The third-order valence-electron chi connectivity index (χ3n) is 3.14. The summed E-state index contributed by atoms with van der Waals surface area (Å²) in [5.74, 6) is -0.493. The van der Waals surface area contributed by atoms with Crippen molar-refractivity contribution in [3.63, 3.8) is 0 Å². The van der Waals surface area contributed by atoms with Crippen molar-refractivity contribution in [3.8, 4) is 10.6 Å². The number of likely N-dealkylation sites (N-methyl/N-ethyl adjacent to an activating group) is 1. The molecule has 1 atom stereocenters. The maximum atomic E-state index is 13.7. The highest BCUT2D eigenvalue weighted by molar-refractivity contribution is 7.16. The number of carbonyl (C=O) groups excluding carboxylic acids is 1. The van der Waals surface area contributed by atoms with Crippen molar-refractivity contribution in [2.75, 3.05) is 13.6 Å². The van der Waals surface area contributed by atoms with Crippen molar-refractivity contribution in [1.29, 1.82) is 0 Å². The SMILES string of the molecule is CC(CN)N(C)C(=O)c1cnc(-c2ccccc2F)s1.Cl.Cl. The van der Waals surface area contributed by atoms with Crippen LogP contribution in [0.3, 0.4) is 0 Å². The molecular formula is C14H18Cl2FN3OS. The highest BCUT2D eigenvalue weighted by Crippen LogP contribution is 2.27. The molecule has 1 heterocycles. The van der Waals surface area contributed by atoms with E-state index in [2.05, 4.69) is 4.98 Å². The van der Waals surface area contributed by atoms with E-state index >= 15 is 0 Å². The van der Waals surface area contributed by atoms with Crippen LogP contribution in [0.25, 0.3) is 10.6 Å². The lowest BCUT2D eigenvalue weighted by Gasteiger charge is -2.22. The third kappa shape index (κ3) is 4.39. The second-order valence-electron chi connectivity index (χ2n) is 4.51. The van der Waals surface area contributed by atoms with Gasteiger partial charge in [-0.05, 0) is 19.1 Å². The van der Waals surface area contributed by atoms with Gasteiger partial charge in [0.15, 0.2) is 0 Å². The van der Waals surface area contributed by atoms with Gasteiger partial charge < -0.3 is 10.6 Å². The average Bonchev–Trinajstić information content (AvgIpc) is 2.94. The minimum Gasteiger partial charge on any atom is -0.337 e. The molecule has 4 nitrogen and oxygen atoms in total. The highest BCUT2D eigenvalue weighted by atomic mass is 35.5. The Hall–Kier alpha value is -1.21. The van der Waals surface area contributed by atoms with Crippen LogP contribution in [0.1, 0.15) is 16.6 Å². The number of nitrogens with zero attached hydrogens (tertiary/aromatic N) is 2. The molecule has 22 heavy (non-hydrogen) atoms. The summed E-state index contributed by atoms with van der Waals surface area (Å²) in [6.45, 7) is 2.26. The summed E-state index contributed by atoms with van der Waals surface area (Å²) in [5.41, 5.74) is 5.96. The quantitative estimate of drug-likeness (QED) is 0.904. The monoisotopic (exact) mass is 365 g/mol. The van der Waals surface area contributed by atoms with E-state index in [0.29, 0.717) is 22.0 Å². The van der Waals surface area contributed by atoms with Crippen molar-refractivity contribution in [3.05, 3.63) is 41.2 Å². The van der Waals surface area contributed by atoms with Crippen LogP contribution in [-0.2, 0) is 0 Å². The Morgan fingerprint density at radius 1 is 1.41 bits per heavy atom. The second-order valence-corrected chi connectivity index (χ2v) is 5.54. The summed E-state index contributed by atoms with van der Waals surface area (Å²) < 4.78 is 13.7. The highest BCUT2D eigenvalue weighted by Gasteiger charge is 2.20. The molecule has 0 aliphatic rings. The van der Waals surface area contributed by atoms with Crippen molar-refractivity contribution in [1.82, 2.24) is 9.88 Å². The molecule has 0 fully saturated rings. The summed E-state index contributed by atoms with van der Waals surface area (Å²) in [6, 6.07) is 6.33. The number of aromatic nitrogens is 1. The predicted molar refractivity (Wildman–Crippen MR) is 92.6 cm³/mol. The molecule has 122 valence electrons. The van der Waals surface area contributed by atoms with Gasteiger partial charge in [-0.3, -0.25) is 4.79 Å². The van der Waals surface area contributed by atoms with Crippen LogP contribution in [0.5, 0.6) is 0 Å². The normalized spacial score (nSPS) is 11.1. The molecule has 0 saturated carbocycles. The van der Waals surface area contributed by atoms with E-state index in [9.17, 15) is 9.18 Å². The van der Waals surface area contributed by atoms with Crippen molar-refractivity contribution in [2.24, 2.45) is 5.73 Å². The standard InChI is InChI=1S/C14H16FN3OS.2ClH/c1-9(7-16)18(2)14(19)12-8-17-13(20-12)10-5-3-4-6-11(10)15;;/h3-6,8-9H,7,16H2,1-2H3;2*1H. The van der Waals surface area contributed by atoms with E-state index in [1.807, 2.05) is 6.92 Å². The molecule has 8 heteroatoms. The van der Waals surface area contributed by atoms with Crippen molar-refractivity contribution >= 4 is 42.1 Å². The largest absolute Gasteiger partial charge is 0.337 e. The fraction of sp³-hybridized carbons (Fsp3) is 0.286. The van der Waals surface area contributed by atoms with E-state index in [1.54, 1.807) is 30.1 Å². The zero-order chi connectivity index (χ0) is 14.7. The van der Waals surface area contributed by atoms with Gasteiger partial charge in [0.25, 0.3) is 5.91 Å². The van der Waals surface area contributed by atoms with Crippen LogP contribution in [0, 0.1) is 5.82 Å². The van der Waals surface area contributed by atoms with Gasteiger partial charge in [0, 0.05) is 25.2 Å². The molecule has 0 spiro atoms. The van der Waals surface area contributed by atoms with Crippen molar-refractivity contribution < 1.29 is 9.18 Å². The lowest BCUT2D eigenvalue weighted by atomic mass is 10.2. The average molecular weight is 366 g/mol. The van der Waals surface area contributed by atoms with Crippen molar-refractivity contribution in [2.45, 2.75) is 13.0 Å². The number of rotatable bonds is 4. The van der Waals surface area contributed by atoms with Crippen LogP contribution in [0.2, 0.25) is 0 Å². The Kier molecular flexibility index (Phi) is 8.55. The van der Waals surface area contributed by atoms with Crippen LogP contribution in [0.15, 0.2) is 30.5 Å². The number of benzene rings is 1. The number of hydrogen-bond donors (Lipinski definition) is 1. The Morgan fingerprint density at radius 2 is 2.05 bits per heavy atom. The number of nitrogens with two attached hydrogens (primary N) is 1. The van der Waals surface area contributed by atoms with Gasteiger partial charge in [0.2, 0.25) is 0 Å². The van der Waals surface area contributed by atoms with Crippen LogP contribution < -0.4 is 5.73 Å². The van der Waals surface area contributed by atoms with Gasteiger partial charge in [-0.15, -0.1) is 36.2 Å². The lowest BCUT2D eigenvalue weighted by molar-refractivity contribution is 0.0753. The molecule has 2 rings (SSSR count). The first kappa shape index (κ1) is 20.8. The maximum Gasteiger partial charge on any atom is 0.265 e. The Labute approximate surface area is 145 Å². The van der Waals surface area contributed by atoms with Crippen LogP contribution >= 0.6 is 36.2 Å². The van der Waals surface area contributed by atoms with E-state index in [1.165, 1.54) is 23.6 Å². The van der Waals surface area contributed by atoms with Gasteiger partial charge in [0.1, 0.15) is 15.7 Å². The molecule has 1 aromatic carbocycles. The molecule has 2 N–H and O–H groups in total. The molecule has 0 aliphatic carbocycles. The number of amides is 1. The van der Waals surface area contributed by atoms with E-state index in [4.69, 9.17) is 5.73 Å². The van der Waals surface area contributed by atoms with E-state index < -0.39 is 0 Å². The summed E-state index contributed by atoms with van der Waals surface area (Å²) in [5, 5.41) is 0.500. The fourth-order valence-electron chi connectivity index (χ4n) is 1.66. The molecule has 1 aromatic heterocycles. The van der Waals surface area contributed by atoms with Gasteiger partial charge >= 0.3 is 0 Å². The van der Waals surface area contributed by atoms with Crippen LogP contribution in [0.4, 0.5) is 4.39 Å².